The molecule has 2 aromatic rings. The first-order valence-corrected chi connectivity index (χ1v) is 6.49. The van der Waals surface area contributed by atoms with Crippen molar-refractivity contribution in [2.45, 2.75) is 13.0 Å². The monoisotopic (exact) mass is 266 g/mol. The van der Waals surface area contributed by atoms with Gasteiger partial charge >= 0.3 is 0 Å². The Morgan fingerprint density at radius 2 is 2.00 bits per heavy atom. The SMILES string of the molecule is Fc1cc2nc(CN3CCCNCC3)[nH]c2cc1F. The van der Waals surface area contributed by atoms with Crippen molar-refractivity contribution in [3.8, 4) is 0 Å². The van der Waals surface area contributed by atoms with Gasteiger partial charge in [0.2, 0.25) is 0 Å². The molecule has 2 heterocycles. The Labute approximate surface area is 109 Å². The van der Waals surface area contributed by atoms with E-state index in [1.807, 2.05) is 0 Å². The second-order valence-electron chi connectivity index (χ2n) is 4.85. The molecule has 1 aromatic carbocycles. The molecule has 1 aromatic heterocycles. The summed E-state index contributed by atoms with van der Waals surface area (Å²) in [5.74, 6) is -0.951. The minimum atomic E-state index is -0.857. The number of nitrogens with one attached hydrogen (secondary N) is 2. The smallest absolute Gasteiger partial charge is 0.161 e. The van der Waals surface area contributed by atoms with E-state index in [0.29, 0.717) is 17.6 Å². The molecule has 0 saturated carbocycles. The Morgan fingerprint density at radius 3 is 2.89 bits per heavy atom. The molecule has 0 aliphatic carbocycles. The molecule has 0 bridgehead atoms. The van der Waals surface area contributed by atoms with Crippen LogP contribution in [0.25, 0.3) is 11.0 Å². The predicted octanol–water partition coefficient (Wildman–Crippen LogP) is 1.64. The van der Waals surface area contributed by atoms with Crippen LogP contribution in [0.15, 0.2) is 12.1 Å². The molecule has 1 fully saturated rings. The zero-order valence-corrected chi connectivity index (χ0v) is 10.5. The number of nitrogens with zero attached hydrogens (tertiary/aromatic N) is 2. The van der Waals surface area contributed by atoms with Gasteiger partial charge in [0.1, 0.15) is 5.82 Å². The van der Waals surface area contributed by atoms with Gasteiger partial charge in [-0.3, -0.25) is 4.90 Å². The van der Waals surface area contributed by atoms with Gasteiger partial charge in [0, 0.05) is 25.2 Å². The van der Waals surface area contributed by atoms with Gasteiger partial charge in [-0.15, -0.1) is 0 Å². The summed E-state index contributed by atoms with van der Waals surface area (Å²) in [7, 11) is 0. The molecule has 1 saturated heterocycles. The molecule has 0 atom stereocenters. The molecule has 0 radical (unpaired) electrons. The second-order valence-corrected chi connectivity index (χ2v) is 4.85. The van der Waals surface area contributed by atoms with Crippen molar-refractivity contribution in [3.63, 3.8) is 0 Å². The summed E-state index contributed by atoms with van der Waals surface area (Å²) in [6.45, 7) is 4.64. The third-order valence-corrected chi connectivity index (χ3v) is 3.38. The number of aromatic nitrogens is 2. The first kappa shape index (κ1) is 12.5. The fourth-order valence-corrected chi connectivity index (χ4v) is 2.40. The van der Waals surface area contributed by atoms with Gasteiger partial charge < -0.3 is 10.3 Å². The van der Waals surface area contributed by atoms with E-state index in [-0.39, 0.29) is 0 Å². The molecule has 19 heavy (non-hydrogen) atoms. The quantitative estimate of drug-likeness (QED) is 0.868. The van der Waals surface area contributed by atoms with Crippen LogP contribution in [0.3, 0.4) is 0 Å². The molecule has 0 amide bonds. The number of halogens is 2. The predicted molar refractivity (Wildman–Crippen MR) is 68.8 cm³/mol. The number of imidazole rings is 1. The van der Waals surface area contributed by atoms with Gasteiger partial charge in [-0.25, -0.2) is 13.8 Å². The normalized spacial score (nSPS) is 17.8. The Bertz CT molecular complexity index is 534. The van der Waals surface area contributed by atoms with Gasteiger partial charge in [-0.05, 0) is 19.5 Å². The molecule has 102 valence electrons. The van der Waals surface area contributed by atoms with Crippen LogP contribution in [0.5, 0.6) is 0 Å². The van der Waals surface area contributed by atoms with Gasteiger partial charge in [-0.1, -0.05) is 0 Å². The molecule has 0 spiro atoms. The molecular weight excluding hydrogens is 250 g/mol. The number of hydrogen-bond donors (Lipinski definition) is 2. The standard InChI is InChI=1S/C13H16F2N4/c14-9-6-11-12(7-10(9)15)18-13(17-11)8-19-4-1-2-16-3-5-19/h6-7,16H,1-5,8H2,(H,17,18). The van der Waals surface area contributed by atoms with E-state index < -0.39 is 11.6 Å². The first-order valence-electron chi connectivity index (χ1n) is 6.49. The number of fused-ring (bicyclic) bond motifs is 1. The highest BCUT2D eigenvalue weighted by Crippen LogP contribution is 2.17. The fourth-order valence-electron chi connectivity index (χ4n) is 2.40. The van der Waals surface area contributed by atoms with Crippen molar-refractivity contribution in [1.82, 2.24) is 20.2 Å². The molecule has 6 heteroatoms. The highest BCUT2D eigenvalue weighted by molar-refractivity contribution is 5.75. The van der Waals surface area contributed by atoms with Crippen molar-refractivity contribution in [3.05, 3.63) is 29.6 Å². The summed E-state index contributed by atoms with van der Waals surface area (Å²) in [6, 6.07) is 2.29. The zero-order chi connectivity index (χ0) is 13.2. The summed E-state index contributed by atoms with van der Waals surface area (Å²) in [5, 5.41) is 3.33. The average molecular weight is 266 g/mol. The van der Waals surface area contributed by atoms with Gasteiger partial charge in [-0.2, -0.15) is 0 Å². The molecule has 4 nitrogen and oxygen atoms in total. The fraction of sp³-hybridized carbons (Fsp3) is 0.462. The Kier molecular flexibility index (Phi) is 3.44. The lowest BCUT2D eigenvalue weighted by atomic mass is 10.3. The van der Waals surface area contributed by atoms with Crippen molar-refractivity contribution in [2.24, 2.45) is 0 Å². The largest absolute Gasteiger partial charge is 0.341 e. The summed E-state index contributed by atoms with van der Waals surface area (Å²) in [6.07, 6.45) is 1.10. The third-order valence-electron chi connectivity index (χ3n) is 3.38. The van der Waals surface area contributed by atoms with Crippen LogP contribution in [-0.2, 0) is 6.54 Å². The maximum Gasteiger partial charge on any atom is 0.161 e. The highest BCUT2D eigenvalue weighted by atomic mass is 19.2. The van der Waals surface area contributed by atoms with Crippen LogP contribution in [0, 0.1) is 11.6 Å². The lowest BCUT2D eigenvalue weighted by molar-refractivity contribution is 0.278. The number of benzene rings is 1. The Morgan fingerprint density at radius 1 is 1.16 bits per heavy atom. The number of rotatable bonds is 2. The molecule has 1 aliphatic heterocycles. The van der Waals surface area contributed by atoms with Crippen molar-refractivity contribution < 1.29 is 8.78 Å². The van der Waals surface area contributed by atoms with E-state index in [2.05, 4.69) is 20.2 Å². The minimum absolute atomic E-state index is 0.474. The van der Waals surface area contributed by atoms with Crippen LogP contribution in [0.4, 0.5) is 8.78 Å². The van der Waals surface area contributed by atoms with E-state index in [0.717, 1.165) is 50.6 Å². The van der Waals surface area contributed by atoms with Crippen molar-refractivity contribution in [1.29, 1.82) is 0 Å². The molecule has 0 unspecified atom stereocenters. The summed E-state index contributed by atoms with van der Waals surface area (Å²) in [5.41, 5.74) is 1.02. The summed E-state index contributed by atoms with van der Waals surface area (Å²) in [4.78, 5) is 9.65. The Balaban J connectivity index is 1.80. The number of hydrogen-bond acceptors (Lipinski definition) is 3. The molecule has 2 N–H and O–H groups in total. The lowest BCUT2D eigenvalue weighted by Gasteiger charge is -2.17. The van der Waals surface area contributed by atoms with E-state index >= 15 is 0 Å². The third kappa shape index (κ3) is 2.74. The minimum Gasteiger partial charge on any atom is -0.341 e. The van der Waals surface area contributed by atoms with E-state index in [9.17, 15) is 8.78 Å². The molecule has 3 rings (SSSR count). The molecular formula is C13H16F2N4. The lowest BCUT2D eigenvalue weighted by Crippen LogP contribution is -2.28. The Hall–Kier alpha value is -1.53. The van der Waals surface area contributed by atoms with Gasteiger partial charge in [0.15, 0.2) is 11.6 Å². The van der Waals surface area contributed by atoms with E-state index in [1.165, 1.54) is 0 Å². The van der Waals surface area contributed by atoms with Crippen LogP contribution < -0.4 is 5.32 Å². The van der Waals surface area contributed by atoms with Crippen LogP contribution >= 0.6 is 0 Å². The first-order chi connectivity index (χ1) is 9.22. The summed E-state index contributed by atoms with van der Waals surface area (Å²) >= 11 is 0. The van der Waals surface area contributed by atoms with Gasteiger partial charge in [0.05, 0.1) is 17.6 Å². The summed E-state index contributed by atoms with van der Waals surface area (Å²) < 4.78 is 26.3. The van der Waals surface area contributed by atoms with Crippen LogP contribution in [0.1, 0.15) is 12.2 Å². The maximum atomic E-state index is 13.1. The molecule has 1 aliphatic rings. The van der Waals surface area contributed by atoms with Crippen molar-refractivity contribution >= 4 is 11.0 Å². The van der Waals surface area contributed by atoms with E-state index in [4.69, 9.17) is 0 Å². The van der Waals surface area contributed by atoms with Crippen LogP contribution in [-0.4, -0.2) is 41.0 Å². The highest BCUT2D eigenvalue weighted by Gasteiger charge is 2.13. The zero-order valence-electron chi connectivity index (χ0n) is 10.5. The average Bonchev–Trinajstić information content (AvgIpc) is 2.60. The topological polar surface area (TPSA) is 44.0 Å². The van der Waals surface area contributed by atoms with Crippen molar-refractivity contribution in [2.75, 3.05) is 26.2 Å². The number of aromatic amines is 1. The van der Waals surface area contributed by atoms with Gasteiger partial charge in [0.25, 0.3) is 0 Å². The number of H-pyrrole nitrogens is 1. The van der Waals surface area contributed by atoms with Crippen LogP contribution in [0.2, 0.25) is 0 Å². The van der Waals surface area contributed by atoms with E-state index in [1.54, 1.807) is 0 Å². The maximum absolute atomic E-state index is 13.1. The second kappa shape index (κ2) is 5.22.